The monoisotopic (exact) mass is 521 g/mol. The smallest absolute Gasteiger partial charge is 0.295 e. The van der Waals surface area contributed by atoms with E-state index in [1.807, 2.05) is 6.07 Å². The molecular weight excluding hydrogens is 493 g/mol. The molecule has 1 heterocycles. The molecule has 1 saturated heterocycles. The van der Waals surface area contributed by atoms with Gasteiger partial charge in [0.2, 0.25) is 0 Å². The van der Waals surface area contributed by atoms with Crippen LogP contribution in [0.5, 0.6) is 23.0 Å². The first-order valence-corrected chi connectivity index (χ1v) is 11.8. The van der Waals surface area contributed by atoms with E-state index >= 15 is 0 Å². The number of amides is 1. The molecule has 0 aromatic heterocycles. The van der Waals surface area contributed by atoms with E-state index in [-0.39, 0.29) is 17.7 Å². The molecule has 4 rings (SSSR count). The van der Waals surface area contributed by atoms with Crippen molar-refractivity contribution in [2.75, 3.05) is 35.0 Å². The lowest BCUT2D eigenvalue weighted by Gasteiger charge is -2.26. The maximum atomic E-state index is 13.5. The Morgan fingerprint density at radius 1 is 0.816 bits per heavy atom. The zero-order chi connectivity index (χ0) is 27.4. The van der Waals surface area contributed by atoms with Gasteiger partial charge in [0.05, 0.1) is 40.1 Å². The van der Waals surface area contributed by atoms with Gasteiger partial charge in [-0.1, -0.05) is 12.1 Å². The maximum Gasteiger partial charge on any atom is 0.295 e. The second-order valence-corrected chi connectivity index (χ2v) is 8.55. The molecule has 1 aliphatic heterocycles. The first-order chi connectivity index (χ1) is 18.3. The van der Waals surface area contributed by atoms with Crippen LogP contribution in [0.2, 0.25) is 0 Å². The summed E-state index contributed by atoms with van der Waals surface area (Å²) in [5.74, 6) is -0.492. The quantitative estimate of drug-likeness (QED) is 0.251. The fourth-order valence-corrected chi connectivity index (χ4v) is 4.53. The van der Waals surface area contributed by atoms with Gasteiger partial charge in [0.1, 0.15) is 11.6 Å². The minimum atomic E-state index is -0.917. The summed E-state index contributed by atoms with van der Waals surface area (Å²) < 4.78 is 35.0. The largest absolute Gasteiger partial charge is 0.507 e. The van der Waals surface area contributed by atoms with Crippen molar-refractivity contribution >= 4 is 17.4 Å². The number of nitrogens with zero attached hydrogens (tertiary/aromatic N) is 1. The van der Waals surface area contributed by atoms with Gasteiger partial charge >= 0.3 is 0 Å². The number of aliphatic hydroxyl groups is 1. The third-order valence-corrected chi connectivity index (χ3v) is 6.47. The highest BCUT2D eigenvalue weighted by atomic mass is 19.1. The van der Waals surface area contributed by atoms with Crippen LogP contribution in [-0.2, 0) is 16.0 Å². The first-order valence-electron chi connectivity index (χ1n) is 11.8. The van der Waals surface area contributed by atoms with E-state index in [0.717, 1.165) is 5.56 Å². The van der Waals surface area contributed by atoms with Gasteiger partial charge in [-0.3, -0.25) is 9.59 Å². The Morgan fingerprint density at radius 3 is 2.00 bits per heavy atom. The minimum Gasteiger partial charge on any atom is -0.507 e. The second kappa shape index (κ2) is 11.2. The van der Waals surface area contributed by atoms with Gasteiger partial charge < -0.3 is 29.0 Å². The van der Waals surface area contributed by atoms with Crippen LogP contribution in [0.15, 0.2) is 66.2 Å². The lowest BCUT2D eigenvalue weighted by Crippen LogP contribution is -2.31. The molecule has 1 aliphatic rings. The molecule has 198 valence electrons. The standard InChI is InChI=1S/C29H28FNO7/c1-35-21-11-5-17(15-23(21)37-3)13-14-31-26(19-8-12-22(36-2)24(16-19)38-4)25(28(33)29(31)34)27(32)18-6-9-20(30)10-7-18/h5-12,15-16,26,32H,13-14H2,1-4H3. The highest BCUT2D eigenvalue weighted by molar-refractivity contribution is 6.46. The SMILES string of the molecule is COc1ccc(CCN2C(=O)C(=O)C(=C(O)c3ccc(F)cc3)C2c2ccc(OC)c(OC)c2)cc1OC. The van der Waals surface area contributed by atoms with Gasteiger partial charge in [-0.25, -0.2) is 4.39 Å². The van der Waals surface area contributed by atoms with Crippen molar-refractivity contribution in [2.24, 2.45) is 0 Å². The molecular formula is C29H28FNO7. The van der Waals surface area contributed by atoms with Gasteiger partial charge in [-0.15, -0.1) is 0 Å². The van der Waals surface area contributed by atoms with Gasteiger partial charge in [-0.2, -0.15) is 0 Å². The number of carbonyl (C=O) groups excluding carboxylic acids is 2. The van der Waals surface area contributed by atoms with Crippen LogP contribution >= 0.6 is 0 Å². The molecule has 38 heavy (non-hydrogen) atoms. The summed E-state index contributed by atoms with van der Waals surface area (Å²) in [6.45, 7) is 0.166. The number of carbonyl (C=O) groups is 2. The van der Waals surface area contributed by atoms with Crippen LogP contribution in [0, 0.1) is 5.82 Å². The second-order valence-electron chi connectivity index (χ2n) is 8.55. The number of methoxy groups -OCH3 is 4. The number of hydrogen-bond donors (Lipinski definition) is 1. The third-order valence-electron chi connectivity index (χ3n) is 6.47. The number of likely N-dealkylation sites (tertiary alicyclic amines) is 1. The zero-order valence-corrected chi connectivity index (χ0v) is 21.5. The number of hydrogen-bond acceptors (Lipinski definition) is 7. The lowest BCUT2D eigenvalue weighted by atomic mass is 9.94. The molecule has 3 aromatic rings. The summed E-state index contributed by atoms with van der Waals surface area (Å²) in [5, 5.41) is 11.2. The molecule has 0 spiro atoms. The lowest BCUT2D eigenvalue weighted by molar-refractivity contribution is -0.139. The van der Waals surface area contributed by atoms with E-state index in [0.29, 0.717) is 35.0 Å². The Bertz CT molecular complexity index is 1380. The van der Waals surface area contributed by atoms with Crippen LogP contribution in [0.1, 0.15) is 22.7 Å². The molecule has 1 fully saturated rings. The molecule has 3 aromatic carbocycles. The van der Waals surface area contributed by atoms with E-state index in [4.69, 9.17) is 18.9 Å². The van der Waals surface area contributed by atoms with Crippen molar-refractivity contribution in [3.05, 3.63) is 88.7 Å². The Hall–Kier alpha value is -4.53. The fourth-order valence-electron chi connectivity index (χ4n) is 4.53. The van der Waals surface area contributed by atoms with Crippen molar-refractivity contribution in [3.63, 3.8) is 0 Å². The number of benzene rings is 3. The molecule has 0 radical (unpaired) electrons. The molecule has 0 bridgehead atoms. The van der Waals surface area contributed by atoms with E-state index in [2.05, 4.69) is 0 Å². The number of rotatable bonds is 9. The Kier molecular flexibility index (Phi) is 7.85. The number of halogens is 1. The molecule has 1 N–H and O–H groups in total. The number of Topliss-reactive ketones (excluding diaryl/α,β-unsaturated/α-hetero) is 1. The highest BCUT2D eigenvalue weighted by Crippen LogP contribution is 2.42. The summed E-state index contributed by atoms with van der Waals surface area (Å²) in [7, 11) is 6.06. The van der Waals surface area contributed by atoms with E-state index in [1.54, 1.807) is 37.4 Å². The highest BCUT2D eigenvalue weighted by Gasteiger charge is 2.46. The van der Waals surface area contributed by atoms with E-state index in [9.17, 15) is 19.1 Å². The minimum absolute atomic E-state index is 0.0962. The molecule has 1 unspecified atom stereocenters. The number of aliphatic hydroxyl groups excluding tert-OH is 1. The summed E-state index contributed by atoms with van der Waals surface area (Å²) in [5.41, 5.74) is 1.52. The van der Waals surface area contributed by atoms with Crippen molar-refractivity contribution in [1.29, 1.82) is 0 Å². The average Bonchev–Trinajstić information content (AvgIpc) is 3.20. The molecule has 0 saturated carbocycles. The average molecular weight is 522 g/mol. The first kappa shape index (κ1) is 26.5. The van der Waals surface area contributed by atoms with Crippen molar-refractivity contribution in [2.45, 2.75) is 12.5 Å². The van der Waals surface area contributed by atoms with Gasteiger partial charge in [0.25, 0.3) is 11.7 Å². The summed E-state index contributed by atoms with van der Waals surface area (Å²) in [6, 6.07) is 14.6. The zero-order valence-electron chi connectivity index (χ0n) is 21.5. The van der Waals surface area contributed by atoms with Crippen LogP contribution in [0.25, 0.3) is 5.76 Å². The molecule has 0 aliphatic carbocycles. The van der Waals surface area contributed by atoms with Gasteiger partial charge in [-0.05, 0) is 66.1 Å². The predicted octanol–water partition coefficient (Wildman–Crippen LogP) is 4.52. The number of ether oxygens (including phenoxy) is 4. The fraction of sp³-hybridized carbons (Fsp3) is 0.241. The Morgan fingerprint density at radius 2 is 1.39 bits per heavy atom. The Labute approximate surface area is 219 Å². The van der Waals surface area contributed by atoms with E-state index in [1.165, 1.54) is 50.5 Å². The summed E-state index contributed by atoms with van der Waals surface area (Å²) in [6.07, 6.45) is 0.397. The molecule has 1 amide bonds. The molecule has 9 heteroatoms. The van der Waals surface area contributed by atoms with Crippen molar-refractivity contribution in [3.8, 4) is 23.0 Å². The number of ketones is 1. The van der Waals surface area contributed by atoms with Crippen LogP contribution < -0.4 is 18.9 Å². The maximum absolute atomic E-state index is 13.5. The Balaban J connectivity index is 1.79. The van der Waals surface area contributed by atoms with Crippen molar-refractivity contribution < 1.29 is 38.0 Å². The van der Waals surface area contributed by atoms with Gasteiger partial charge in [0.15, 0.2) is 23.0 Å². The molecule has 1 atom stereocenters. The topological polar surface area (TPSA) is 94.5 Å². The van der Waals surface area contributed by atoms with Crippen LogP contribution in [0.3, 0.4) is 0 Å². The van der Waals surface area contributed by atoms with Crippen LogP contribution in [-0.4, -0.2) is 56.7 Å². The summed E-state index contributed by atoms with van der Waals surface area (Å²) in [4.78, 5) is 28.0. The molecule has 8 nitrogen and oxygen atoms in total. The van der Waals surface area contributed by atoms with Gasteiger partial charge in [0, 0.05) is 12.1 Å². The predicted molar refractivity (Wildman–Crippen MR) is 138 cm³/mol. The summed E-state index contributed by atoms with van der Waals surface area (Å²) >= 11 is 0. The van der Waals surface area contributed by atoms with Crippen LogP contribution in [0.4, 0.5) is 4.39 Å². The van der Waals surface area contributed by atoms with Crippen molar-refractivity contribution in [1.82, 2.24) is 4.90 Å². The third kappa shape index (κ3) is 5.00. The normalized spacial score (nSPS) is 16.4. The van der Waals surface area contributed by atoms with E-state index < -0.39 is 29.3 Å².